The zero-order chi connectivity index (χ0) is 21.4. The molecule has 10 atom stereocenters. The Hall–Kier alpha value is -0.280. The quantitative estimate of drug-likeness (QED) is 0.397. The normalized spacial score (nSPS) is 53.4. The molecule has 10 unspecified atom stereocenters. The highest BCUT2D eigenvalue weighted by Crippen LogP contribution is 2.50. The minimum Gasteiger partial charge on any atom is -0.247 e. The lowest BCUT2D eigenvalue weighted by Crippen LogP contribution is -2.44. The van der Waals surface area contributed by atoms with Crippen molar-refractivity contribution in [1.29, 1.82) is 0 Å². The standard InChI is InChI=1S/C26H42F4/c1-15-3-6-17(7-4-15)20-11-8-18(13-23(20)27)21-12-9-19(14-24(21)28)22-10-5-16(2)25(29)26(22)30/h15-26H,3-14H2,1-2H3. The second-order valence-corrected chi connectivity index (χ2v) is 11.6. The van der Waals surface area contributed by atoms with Gasteiger partial charge in [0.1, 0.15) is 24.7 Å². The number of rotatable bonds is 3. The van der Waals surface area contributed by atoms with Gasteiger partial charge in [-0.2, -0.15) is 0 Å². The molecule has 0 aliphatic heterocycles. The maximum absolute atomic E-state index is 15.2. The van der Waals surface area contributed by atoms with Crippen molar-refractivity contribution in [2.45, 2.75) is 116 Å². The van der Waals surface area contributed by atoms with Crippen LogP contribution in [0, 0.1) is 47.3 Å². The van der Waals surface area contributed by atoms with Crippen molar-refractivity contribution in [3.63, 3.8) is 0 Å². The molecule has 4 aliphatic carbocycles. The van der Waals surface area contributed by atoms with Crippen LogP contribution in [-0.2, 0) is 0 Å². The largest absolute Gasteiger partial charge is 0.247 e. The Kier molecular flexibility index (Phi) is 7.40. The van der Waals surface area contributed by atoms with Crippen LogP contribution in [0.5, 0.6) is 0 Å². The minimum atomic E-state index is -1.44. The third-order valence-corrected chi connectivity index (χ3v) is 9.82. The first-order chi connectivity index (χ1) is 14.3. The summed E-state index contributed by atoms with van der Waals surface area (Å²) in [4.78, 5) is 0. The molecule has 4 rings (SSSR count). The molecule has 0 bridgehead atoms. The van der Waals surface area contributed by atoms with Crippen LogP contribution in [0.2, 0.25) is 0 Å². The van der Waals surface area contributed by atoms with Crippen LogP contribution in [0.4, 0.5) is 17.6 Å². The van der Waals surface area contributed by atoms with E-state index in [4.69, 9.17) is 0 Å². The first kappa shape index (κ1) is 22.9. The van der Waals surface area contributed by atoms with Gasteiger partial charge in [-0.15, -0.1) is 0 Å². The van der Waals surface area contributed by atoms with E-state index in [2.05, 4.69) is 6.92 Å². The van der Waals surface area contributed by atoms with Crippen molar-refractivity contribution in [2.24, 2.45) is 47.3 Å². The molecule has 0 nitrogen and oxygen atoms in total. The predicted molar refractivity (Wildman–Crippen MR) is 114 cm³/mol. The van der Waals surface area contributed by atoms with Crippen molar-refractivity contribution in [1.82, 2.24) is 0 Å². The molecule has 0 aromatic rings. The lowest BCUT2D eigenvalue weighted by molar-refractivity contribution is -0.0354. The molecule has 4 aliphatic rings. The highest BCUT2D eigenvalue weighted by Gasteiger charge is 2.47. The van der Waals surface area contributed by atoms with Crippen molar-refractivity contribution in [3.05, 3.63) is 0 Å². The Balaban J connectivity index is 1.29. The summed E-state index contributed by atoms with van der Waals surface area (Å²) in [6, 6.07) is 0. The molecule has 4 heteroatoms. The van der Waals surface area contributed by atoms with E-state index in [1.165, 1.54) is 12.8 Å². The molecule has 0 spiro atoms. The summed E-state index contributed by atoms with van der Waals surface area (Å²) in [5.74, 6) is 0.955. The van der Waals surface area contributed by atoms with E-state index in [9.17, 15) is 8.78 Å². The fraction of sp³-hybridized carbons (Fsp3) is 1.00. The first-order valence-electron chi connectivity index (χ1n) is 12.9. The van der Waals surface area contributed by atoms with Gasteiger partial charge in [0.15, 0.2) is 0 Å². The van der Waals surface area contributed by atoms with Gasteiger partial charge in [-0.3, -0.25) is 0 Å². The van der Waals surface area contributed by atoms with Gasteiger partial charge < -0.3 is 0 Å². The van der Waals surface area contributed by atoms with Gasteiger partial charge in [0, 0.05) is 0 Å². The molecule has 4 saturated carbocycles. The lowest BCUT2D eigenvalue weighted by Gasteiger charge is -2.46. The molecule has 0 heterocycles. The lowest BCUT2D eigenvalue weighted by atomic mass is 9.62. The van der Waals surface area contributed by atoms with Crippen LogP contribution in [-0.4, -0.2) is 24.7 Å². The van der Waals surface area contributed by atoms with Crippen molar-refractivity contribution < 1.29 is 17.6 Å². The van der Waals surface area contributed by atoms with Crippen LogP contribution < -0.4 is 0 Å². The summed E-state index contributed by atoms with van der Waals surface area (Å²) in [5.41, 5.74) is 0. The topological polar surface area (TPSA) is 0 Å². The molecule has 0 saturated heterocycles. The van der Waals surface area contributed by atoms with E-state index in [-0.39, 0.29) is 35.5 Å². The summed E-state index contributed by atoms with van der Waals surface area (Å²) in [5, 5.41) is 0. The van der Waals surface area contributed by atoms with E-state index in [1.807, 2.05) is 0 Å². The second kappa shape index (κ2) is 9.69. The predicted octanol–water partition coefficient (Wildman–Crippen LogP) is 8.04. The van der Waals surface area contributed by atoms with Gasteiger partial charge in [-0.1, -0.05) is 26.7 Å². The Morgan fingerprint density at radius 3 is 1.50 bits per heavy atom. The van der Waals surface area contributed by atoms with E-state index in [1.54, 1.807) is 6.92 Å². The van der Waals surface area contributed by atoms with Gasteiger partial charge in [0.05, 0.1) is 0 Å². The number of halogens is 4. The van der Waals surface area contributed by atoms with Crippen LogP contribution in [0.15, 0.2) is 0 Å². The van der Waals surface area contributed by atoms with E-state index < -0.39 is 24.7 Å². The smallest absolute Gasteiger partial charge is 0.134 e. The number of hydrogen-bond acceptors (Lipinski definition) is 0. The molecule has 4 fully saturated rings. The van der Waals surface area contributed by atoms with Gasteiger partial charge in [-0.25, -0.2) is 17.6 Å². The van der Waals surface area contributed by atoms with Crippen LogP contribution in [0.1, 0.15) is 90.9 Å². The number of hydrogen-bond donors (Lipinski definition) is 0. The van der Waals surface area contributed by atoms with Gasteiger partial charge in [-0.05, 0) is 112 Å². The summed E-state index contributed by atoms with van der Waals surface area (Å²) in [6.07, 6.45) is 5.81. The van der Waals surface area contributed by atoms with Crippen LogP contribution in [0.3, 0.4) is 0 Å². The third-order valence-electron chi connectivity index (χ3n) is 9.82. The molecule has 30 heavy (non-hydrogen) atoms. The molecular weight excluding hydrogens is 388 g/mol. The summed E-state index contributed by atoms with van der Waals surface area (Å²) in [7, 11) is 0. The first-order valence-corrected chi connectivity index (χ1v) is 12.9. The second-order valence-electron chi connectivity index (χ2n) is 11.6. The zero-order valence-corrected chi connectivity index (χ0v) is 18.9. The molecule has 0 amide bonds. The third kappa shape index (κ3) is 4.72. The Morgan fingerprint density at radius 2 is 0.933 bits per heavy atom. The molecule has 0 aromatic carbocycles. The SMILES string of the molecule is CC1CCC(C2CCC(C3CCC(C4CCC(C)C(F)C4F)CC3F)CC2F)CC1. The maximum Gasteiger partial charge on any atom is 0.134 e. The molecule has 0 aromatic heterocycles. The monoisotopic (exact) mass is 430 g/mol. The minimum absolute atomic E-state index is 0.0428. The molecular formula is C26H42F4. The molecule has 0 N–H and O–H groups in total. The van der Waals surface area contributed by atoms with Crippen molar-refractivity contribution >= 4 is 0 Å². The number of alkyl halides is 4. The van der Waals surface area contributed by atoms with Crippen LogP contribution >= 0.6 is 0 Å². The fourth-order valence-corrected chi connectivity index (χ4v) is 7.71. The highest BCUT2D eigenvalue weighted by molar-refractivity contribution is 4.96. The highest BCUT2D eigenvalue weighted by atomic mass is 19.2. The molecule has 0 radical (unpaired) electrons. The van der Waals surface area contributed by atoms with Gasteiger partial charge in [0.25, 0.3) is 0 Å². The summed E-state index contributed by atoms with van der Waals surface area (Å²) >= 11 is 0. The Bertz CT molecular complexity index is 545. The van der Waals surface area contributed by atoms with Gasteiger partial charge >= 0.3 is 0 Å². The summed E-state index contributed by atoms with van der Waals surface area (Å²) < 4.78 is 59.2. The van der Waals surface area contributed by atoms with E-state index in [0.29, 0.717) is 31.6 Å². The van der Waals surface area contributed by atoms with Crippen molar-refractivity contribution in [2.75, 3.05) is 0 Å². The molecule has 174 valence electrons. The van der Waals surface area contributed by atoms with Crippen molar-refractivity contribution in [3.8, 4) is 0 Å². The average molecular weight is 431 g/mol. The fourth-order valence-electron chi connectivity index (χ4n) is 7.71. The Labute approximate surface area is 181 Å². The Morgan fingerprint density at radius 1 is 0.467 bits per heavy atom. The van der Waals surface area contributed by atoms with E-state index >= 15 is 8.78 Å². The van der Waals surface area contributed by atoms with Crippen LogP contribution in [0.25, 0.3) is 0 Å². The zero-order valence-electron chi connectivity index (χ0n) is 18.9. The average Bonchev–Trinajstić information content (AvgIpc) is 2.73. The summed E-state index contributed by atoms with van der Waals surface area (Å²) in [6.45, 7) is 4.07. The van der Waals surface area contributed by atoms with E-state index in [0.717, 1.165) is 44.4 Å². The van der Waals surface area contributed by atoms with Gasteiger partial charge in [0.2, 0.25) is 0 Å². The maximum atomic E-state index is 15.2.